The number of fused-ring (bicyclic) bond motifs is 1. The van der Waals surface area contributed by atoms with E-state index >= 15 is 0 Å². The van der Waals surface area contributed by atoms with Crippen LogP contribution in [0.4, 0.5) is 16.2 Å². The SMILES string of the molecule is CC1Oc2ccc(NC(=O)C3CCN(C(=O)OC(C)(C)C)CC3)cc2NC1=O. The summed E-state index contributed by atoms with van der Waals surface area (Å²) in [6, 6.07) is 5.16. The number of likely N-dealkylation sites (tertiary alicyclic amines) is 1. The predicted molar refractivity (Wildman–Crippen MR) is 104 cm³/mol. The molecule has 0 bridgehead atoms. The van der Waals surface area contributed by atoms with Crippen molar-refractivity contribution in [3.63, 3.8) is 0 Å². The molecule has 1 unspecified atom stereocenters. The van der Waals surface area contributed by atoms with Crippen molar-refractivity contribution in [3.8, 4) is 5.75 Å². The Morgan fingerprint density at radius 1 is 1.25 bits per heavy atom. The van der Waals surface area contributed by atoms with Gasteiger partial charge >= 0.3 is 6.09 Å². The topological polar surface area (TPSA) is 97.0 Å². The van der Waals surface area contributed by atoms with E-state index in [0.29, 0.717) is 43.1 Å². The van der Waals surface area contributed by atoms with Crippen LogP contribution >= 0.6 is 0 Å². The van der Waals surface area contributed by atoms with Gasteiger partial charge in [-0.3, -0.25) is 9.59 Å². The zero-order chi connectivity index (χ0) is 20.5. The second-order valence-electron chi connectivity index (χ2n) is 8.19. The summed E-state index contributed by atoms with van der Waals surface area (Å²) in [5.41, 5.74) is 0.603. The number of nitrogens with one attached hydrogen (secondary N) is 2. The summed E-state index contributed by atoms with van der Waals surface area (Å²) >= 11 is 0. The molecule has 1 atom stereocenters. The van der Waals surface area contributed by atoms with E-state index in [0.717, 1.165) is 0 Å². The highest BCUT2D eigenvalue weighted by molar-refractivity contribution is 5.99. The van der Waals surface area contributed by atoms with Gasteiger partial charge in [0.2, 0.25) is 5.91 Å². The smallest absolute Gasteiger partial charge is 0.410 e. The molecule has 2 heterocycles. The molecule has 0 spiro atoms. The lowest BCUT2D eigenvalue weighted by molar-refractivity contribution is -0.122. The number of carbonyl (C=O) groups excluding carboxylic acids is 3. The van der Waals surface area contributed by atoms with Crippen molar-refractivity contribution < 1.29 is 23.9 Å². The zero-order valence-corrected chi connectivity index (χ0v) is 16.7. The quantitative estimate of drug-likeness (QED) is 0.810. The van der Waals surface area contributed by atoms with E-state index in [-0.39, 0.29) is 23.8 Å². The molecule has 2 aliphatic heterocycles. The van der Waals surface area contributed by atoms with Crippen LogP contribution in [-0.2, 0) is 14.3 Å². The molecule has 2 N–H and O–H groups in total. The molecule has 1 aromatic carbocycles. The van der Waals surface area contributed by atoms with Crippen LogP contribution in [0.1, 0.15) is 40.5 Å². The fraction of sp³-hybridized carbons (Fsp3) is 0.550. The maximum absolute atomic E-state index is 12.6. The van der Waals surface area contributed by atoms with Crippen LogP contribution in [0.2, 0.25) is 0 Å². The van der Waals surface area contributed by atoms with Crippen molar-refractivity contribution in [2.75, 3.05) is 23.7 Å². The van der Waals surface area contributed by atoms with E-state index in [1.165, 1.54) is 0 Å². The fourth-order valence-electron chi connectivity index (χ4n) is 3.18. The monoisotopic (exact) mass is 389 g/mol. The first-order valence-corrected chi connectivity index (χ1v) is 9.53. The van der Waals surface area contributed by atoms with Crippen LogP contribution in [0.25, 0.3) is 0 Å². The van der Waals surface area contributed by atoms with Crippen LogP contribution in [0.3, 0.4) is 0 Å². The van der Waals surface area contributed by atoms with Gasteiger partial charge < -0.3 is 25.0 Å². The lowest BCUT2D eigenvalue weighted by atomic mass is 9.96. The molecule has 8 nitrogen and oxygen atoms in total. The third-order valence-corrected chi connectivity index (χ3v) is 4.70. The lowest BCUT2D eigenvalue weighted by Gasteiger charge is -2.33. The summed E-state index contributed by atoms with van der Waals surface area (Å²) in [5.74, 6) is 0.0852. The molecule has 28 heavy (non-hydrogen) atoms. The molecule has 0 saturated carbocycles. The molecule has 1 fully saturated rings. The minimum absolute atomic E-state index is 0.0970. The van der Waals surface area contributed by atoms with E-state index in [1.54, 1.807) is 30.0 Å². The Kier molecular flexibility index (Phi) is 5.49. The summed E-state index contributed by atoms with van der Waals surface area (Å²) in [4.78, 5) is 38.1. The standard InChI is InChI=1S/C20H27N3O5/c1-12-17(24)22-15-11-14(5-6-16(15)27-12)21-18(25)13-7-9-23(10-8-13)19(26)28-20(2,3)4/h5-6,11-13H,7-10H2,1-4H3,(H,21,25)(H,22,24). The summed E-state index contributed by atoms with van der Waals surface area (Å²) < 4.78 is 10.9. The molecule has 3 rings (SSSR count). The molecule has 1 saturated heterocycles. The maximum atomic E-state index is 12.6. The maximum Gasteiger partial charge on any atom is 0.410 e. The van der Waals surface area contributed by atoms with Crippen molar-refractivity contribution in [3.05, 3.63) is 18.2 Å². The van der Waals surface area contributed by atoms with Gasteiger partial charge in [-0.05, 0) is 58.7 Å². The van der Waals surface area contributed by atoms with Gasteiger partial charge in [-0.25, -0.2) is 4.79 Å². The van der Waals surface area contributed by atoms with Gasteiger partial charge in [0.25, 0.3) is 5.91 Å². The van der Waals surface area contributed by atoms with Gasteiger partial charge in [0.15, 0.2) is 6.10 Å². The van der Waals surface area contributed by atoms with Crippen molar-refractivity contribution in [2.45, 2.75) is 52.2 Å². The number of carbonyl (C=O) groups is 3. The van der Waals surface area contributed by atoms with Gasteiger partial charge in [0.05, 0.1) is 5.69 Å². The molecule has 8 heteroatoms. The Labute approximate surface area is 164 Å². The van der Waals surface area contributed by atoms with Crippen molar-refractivity contribution in [2.24, 2.45) is 5.92 Å². The molecule has 0 aromatic heterocycles. The van der Waals surface area contributed by atoms with E-state index in [4.69, 9.17) is 9.47 Å². The Bertz CT molecular complexity index is 779. The highest BCUT2D eigenvalue weighted by Crippen LogP contribution is 2.32. The molecule has 2 aliphatic rings. The zero-order valence-electron chi connectivity index (χ0n) is 16.7. The number of rotatable bonds is 2. The highest BCUT2D eigenvalue weighted by Gasteiger charge is 2.30. The van der Waals surface area contributed by atoms with Crippen LogP contribution in [-0.4, -0.2) is 47.6 Å². The van der Waals surface area contributed by atoms with Gasteiger partial charge in [-0.15, -0.1) is 0 Å². The van der Waals surface area contributed by atoms with Gasteiger partial charge in [-0.2, -0.15) is 0 Å². The molecular weight excluding hydrogens is 362 g/mol. The highest BCUT2D eigenvalue weighted by atomic mass is 16.6. The molecule has 1 aromatic rings. The van der Waals surface area contributed by atoms with E-state index in [9.17, 15) is 14.4 Å². The summed E-state index contributed by atoms with van der Waals surface area (Å²) in [6.45, 7) is 8.14. The first kappa shape index (κ1) is 20.0. The number of benzene rings is 1. The first-order valence-electron chi connectivity index (χ1n) is 9.53. The lowest BCUT2D eigenvalue weighted by Crippen LogP contribution is -2.43. The second-order valence-corrected chi connectivity index (χ2v) is 8.19. The largest absolute Gasteiger partial charge is 0.479 e. The minimum Gasteiger partial charge on any atom is -0.479 e. The fourth-order valence-corrected chi connectivity index (χ4v) is 3.18. The molecule has 0 aliphatic carbocycles. The molecule has 0 radical (unpaired) electrons. The van der Waals surface area contributed by atoms with Crippen molar-refractivity contribution >= 4 is 29.3 Å². The molecule has 3 amide bonds. The van der Waals surface area contributed by atoms with Gasteiger partial charge in [0.1, 0.15) is 11.4 Å². The van der Waals surface area contributed by atoms with Crippen molar-refractivity contribution in [1.82, 2.24) is 4.90 Å². The Morgan fingerprint density at radius 2 is 1.93 bits per heavy atom. The van der Waals surface area contributed by atoms with E-state index in [2.05, 4.69) is 10.6 Å². The Balaban J connectivity index is 1.55. The second kappa shape index (κ2) is 7.69. The van der Waals surface area contributed by atoms with Gasteiger partial charge in [-0.1, -0.05) is 0 Å². The van der Waals surface area contributed by atoms with E-state index < -0.39 is 11.7 Å². The van der Waals surface area contributed by atoms with Crippen LogP contribution in [0.15, 0.2) is 18.2 Å². The third-order valence-electron chi connectivity index (χ3n) is 4.70. The predicted octanol–water partition coefficient (Wildman–Crippen LogP) is 2.99. The minimum atomic E-state index is -0.539. The number of piperidine rings is 1. The first-order chi connectivity index (χ1) is 13.1. The number of anilines is 2. The number of nitrogens with zero attached hydrogens (tertiary/aromatic N) is 1. The van der Waals surface area contributed by atoms with Gasteiger partial charge in [0, 0.05) is 24.7 Å². The van der Waals surface area contributed by atoms with Crippen LogP contribution in [0.5, 0.6) is 5.75 Å². The van der Waals surface area contributed by atoms with E-state index in [1.807, 2.05) is 20.8 Å². The average molecular weight is 389 g/mol. The Hall–Kier alpha value is -2.77. The Morgan fingerprint density at radius 3 is 2.57 bits per heavy atom. The number of hydrogen-bond donors (Lipinski definition) is 2. The molecule has 152 valence electrons. The number of hydrogen-bond acceptors (Lipinski definition) is 5. The van der Waals surface area contributed by atoms with Crippen molar-refractivity contribution in [1.29, 1.82) is 0 Å². The normalized spacial score (nSPS) is 19.9. The molecular formula is C20H27N3O5. The number of amides is 3. The summed E-state index contributed by atoms with van der Waals surface area (Å²) in [6.07, 6.45) is 0.273. The summed E-state index contributed by atoms with van der Waals surface area (Å²) in [5, 5.41) is 5.66. The summed E-state index contributed by atoms with van der Waals surface area (Å²) in [7, 11) is 0. The van der Waals surface area contributed by atoms with Crippen LogP contribution in [0, 0.1) is 5.92 Å². The third kappa shape index (κ3) is 4.74. The average Bonchev–Trinajstić information content (AvgIpc) is 2.61. The van der Waals surface area contributed by atoms with Crippen LogP contribution < -0.4 is 15.4 Å². The number of ether oxygens (including phenoxy) is 2.